The minimum atomic E-state index is -0.682. The van der Waals surface area contributed by atoms with E-state index in [0.29, 0.717) is 6.54 Å². The molecule has 0 saturated carbocycles. The lowest BCUT2D eigenvalue weighted by Crippen LogP contribution is -2.35. The van der Waals surface area contributed by atoms with Gasteiger partial charge in [0.15, 0.2) is 0 Å². The molecular weight excluding hydrogens is 247 g/mol. The third kappa shape index (κ3) is 3.44. The SMILES string of the molecule is CN(CCN1CCCC1)C(=O)c1ccc(O)cc1F. The summed E-state index contributed by atoms with van der Waals surface area (Å²) in [6.07, 6.45) is 2.43. The van der Waals surface area contributed by atoms with Gasteiger partial charge in [0.1, 0.15) is 11.6 Å². The van der Waals surface area contributed by atoms with Gasteiger partial charge >= 0.3 is 0 Å². The number of phenolic OH excluding ortho intramolecular Hbond substituents is 1. The lowest BCUT2D eigenvalue weighted by Gasteiger charge is -2.21. The van der Waals surface area contributed by atoms with Gasteiger partial charge in [0.25, 0.3) is 5.91 Å². The fourth-order valence-electron chi connectivity index (χ4n) is 2.28. The number of carbonyl (C=O) groups excluding carboxylic acids is 1. The van der Waals surface area contributed by atoms with Gasteiger partial charge in [0.2, 0.25) is 0 Å². The van der Waals surface area contributed by atoms with Crippen LogP contribution in [0.25, 0.3) is 0 Å². The summed E-state index contributed by atoms with van der Waals surface area (Å²) >= 11 is 0. The van der Waals surface area contributed by atoms with Gasteiger partial charge in [-0.15, -0.1) is 0 Å². The summed E-state index contributed by atoms with van der Waals surface area (Å²) in [5.41, 5.74) is 0.00159. The Morgan fingerprint density at radius 3 is 2.74 bits per heavy atom. The molecule has 1 amide bonds. The minimum Gasteiger partial charge on any atom is -0.508 e. The maximum absolute atomic E-state index is 13.6. The molecular formula is C14H19FN2O2. The summed E-state index contributed by atoms with van der Waals surface area (Å²) in [5.74, 6) is -1.21. The fraction of sp³-hybridized carbons (Fsp3) is 0.500. The van der Waals surface area contributed by atoms with Gasteiger partial charge in [-0.1, -0.05) is 0 Å². The highest BCUT2D eigenvalue weighted by Gasteiger charge is 2.18. The number of amides is 1. The van der Waals surface area contributed by atoms with Crippen molar-refractivity contribution in [1.29, 1.82) is 0 Å². The Morgan fingerprint density at radius 2 is 2.11 bits per heavy atom. The van der Waals surface area contributed by atoms with Crippen molar-refractivity contribution in [2.24, 2.45) is 0 Å². The molecule has 0 bridgehead atoms. The number of likely N-dealkylation sites (N-methyl/N-ethyl adjacent to an activating group) is 1. The van der Waals surface area contributed by atoms with Crippen molar-refractivity contribution in [3.8, 4) is 5.75 Å². The number of hydrogen-bond donors (Lipinski definition) is 1. The number of benzene rings is 1. The van der Waals surface area contributed by atoms with Crippen molar-refractivity contribution < 1.29 is 14.3 Å². The molecule has 0 aliphatic carbocycles. The molecule has 2 rings (SSSR count). The third-order valence-electron chi connectivity index (χ3n) is 3.48. The zero-order valence-corrected chi connectivity index (χ0v) is 11.1. The summed E-state index contributed by atoms with van der Waals surface area (Å²) in [5, 5.41) is 9.13. The lowest BCUT2D eigenvalue weighted by molar-refractivity contribution is 0.0777. The molecule has 1 heterocycles. The Labute approximate surface area is 112 Å². The Hall–Kier alpha value is -1.62. The predicted octanol–water partition coefficient (Wildman–Crippen LogP) is 1.70. The average molecular weight is 266 g/mol. The van der Waals surface area contributed by atoms with Crippen LogP contribution >= 0.6 is 0 Å². The molecule has 1 N–H and O–H groups in total. The van der Waals surface area contributed by atoms with Crippen LogP contribution in [0.15, 0.2) is 18.2 Å². The van der Waals surface area contributed by atoms with Crippen molar-refractivity contribution in [3.63, 3.8) is 0 Å². The van der Waals surface area contributed by atoms with Crippen LogP contribution in [0.1, 0.15) is 23.2 Å². The highest BCUT2D eigenvalue weighted by atomic mass is 19.1. The van der Waals surface area contributed by atoms with Crippen molar-refractivity contribution >= 4 is 5.91 Å². The number of hydrogen-bond acceptors (Lipinski definition) is 3. The van der Waals surface area contributed by atoms with E-state index in [1.165, 1.54) is 29.9 Å². The molecule has 4 nitrogen and oxygen atoms in total. The van der Waals surface area contributed by atoms with Gasteiger partial charge in [0, 0.05) is 26.2 Å². The summed E-state index contributed by atoms with van der Waals surface area (Å²) in [7, 11) is 1.67. The first-order chi connectivity index (χ1) is 9.08. The zero-order chi connectivity index (χ0) is 13.8. The van der Waals surface area contributed by atoms with E-state index in [9.17, 15) is 9.18 Å². The molecule has 19 heavy (non-hydrogen) atoms. The first-order valence-electron chi connectivity index (χ1n) is 6.54. The molecule has 1 aliphatic heterocycles. The molecule has 0 aromatic heterocycles. The Kier molecular flexibility index (Phi) is 4.37. The van der Waals surface area contributed by atoms with Crippen LogP contribution in [0.4, 0.5) is 4.39 Å². The molecule has 0 spiro atoms. The summed E-state index contributed by atoms with van der Waals surface area (Å²) in [6, 6.07) is 3.60. The second kappa shape index (κ2) is 6.02. The molecule has 0 unspecified atom stereocenters. The van der Waals surface area contributed by atoms with Gasteiger partial charge in [-0.3, -0.25) is 4.79 Å². The van der Waals surface area contributed by atoms with Crippen LogP contribution in [0.2, 0.25) is 0 Å². The van der Waals surface area contributed by atoms with E-state index in [1.807, 2.05) is 0 Å². The maximum atomic E-state index is 13.6. The zero-order valence-electron chi connectivity index (χ0n) is 11.1. The third-order valence-corrected chi connectivity index (χ3v) is 3.48. The average Bonchev–Trinajstić information content (AvgIpc) is 2.88. The topological polar surface area (TPSA) is 43.8 Å². The molecule has 1 aliphatic rings. The van der Waals surface area contributed by atoms with E-state index >= 15 is 0 Å². The molecule has 1 aromatic rings. The van der Waals surface area contributed by atoms with E-state index in [2.05, 4.69) is 4.90 Å². The quantitative estimate of drug-likeness (QED) is 0.902. The monoisotopic (exact) mass is 266 g/mol. The highest BCUT2D eigenvalue weighted by Crippen LogP contribution is 2.16. The van der Waals surface area contributed by atoms with Crippen LogP contribution in [0.3, 0.4) is 0 Å². The standard InChI is InChI=1S/C14H19FN2O2/c1-16(8-9-17-6-2-3-7-17)14(19)12-5-4-11(18)10-13(12)15/h4-5,10,18H,2-3,6-9H2,1H3. The van der Waals surface area contributed by atoms with Gasteiger partial charge in [-0.25, -0.2) is 4.39 Å². The van der Waals surface area contributed by atoms with Gasteiger partial charge in [-0.05, 0) is 38.1 Å². The van der Waals surface area contributed by atoms with E-state index in [-0.39, 0.29) is 17.2 Å². The number of likely N-dealkylation sites (tertiary alicyclic amines) is 1. The van der Waals surface area contributed by atoms with Gasteiger partial charge < -0.3 is 14.9 Å². The minimum absolute atomic E-state index is 0.00159. The van der Waals surface area contributed by atoms with Crippen LogP contribution in [0, 0.1) is 5.82 Å². The normalized spacial score (nSPS) is 15.7. The molecule has 0 radical (unpaired) electrons. The molecule has 1 saturated heterocycles. The van der Waals surface area contributed by atoms with Crippen LogP contribution in [0.5, 0.6) is 5.75 Å². The summed E-state index contributed by atoms with van der Waals surface area (Å²) < 4.78 is 13.6. The Balaban J connectivity index is 1.94. The first-order valence-corrected chi connectivity index (χ1v) is 6.54. The van der Waals surface area contributed by atoms with Crippen molar-refractivity contribution in [1.82, 2.24) is 9.80 Å². The summed E-state index contributed by atoms with van der Waals surface area (Å²) in [6.45, 7) is 3.56. The van der Waals surface area contributed by atoms with E-state index < -0.39 is 5.82 Å². The van der Waals surface area contributed by atoms with E-state index in [4.69, 9.17) is 5.11 Å². The number of aromatic hydroxyl groups is 1. The van der Waals surface area contributed by atoms with E-state index in [0.717, 1.165) is 25.7 Å². The smallest absolute Gasteiger partial charge is 0.256 e. The van der Waals surface area contributed by atoms with E-state index in [1.54, 1.807) is 7.05 Å². The number of phenols is 1. The van der Waals surface area contributed by atoms with Crippen molar-refractivity contribution in [2.45, 2.75) is 12.8 Å². The first kappa shape index (κ1) is 13.8. The van der Waals surface area contributed by atoms with Gasteiger partial charge in [0.05, 0.1) is 5.56 Å². The second-order valence-corrected chi connectivity index (χ2v) is 4.94. The lowest BCUT2D eigenvalue weighted by atomic mass is 10.2. The van der Waals surface area contributed by atoms with Crippen LogP contribution < -0.4 is 0 Å². The highest BCUT2D eigenvalue weighted by molar-refractivity contribution is 5.94. The van der Waals surface area contributed by atoms with Crippen LogP contribution in [-0.4, -0.2) is 54.0 Å². The van der Waals surface area contributed by atoms with Gasteiger partial charge in [-0.2, -0.15) is 0 Å². The molecule has 104 valence electrons. The molecule has 5 heteroatoms. The number of halogens is 1. The molecule has 0 atom stereocenters. The predicted molar refractivity (Wildman–Crippen MR) is 70.7 cm³/mol. The molecule has 1 aromatic carbocycles. The number of nitrogens with zero attached hydrogens (tertiary/aromatic N) is 2. The summed E-state index contributed by atoms with van der Waals surface area (Å²) in [4.78, 5) is 15.9. The Morgan fingerprint density at radius 1 is 1.42 bits per heavy atom. The largest absolute Gasteiger partial charge is 0.508 e. The van der Waals surface area contributed by atoms with Crippen LogP contribution in [-0.2, 0) is 0 Å². The number of rotatable bonds is 4. The van der Waals surface area contributed by atoms with Crippen molar-refractivity contribution in [2.75, 3.05) is 33.2 Å². The Bertz CT molecular complexity index is 459. The maximum Gasteiger partial charge on any atom is 0.256 e. The fourth-order valence-corrected chi connectivity index (χ4v) is 2.28. The number of carbonyl (C=O) groups is 1. The van der Waals surface area contributed by atoms with Crippen molar-refractivity contribution in [3.05, 3.63) is 29.6 Å². The molecule has 1 fully saturated rings. The second-order valence-electron chi connectivity index (χ2n) is 4.94.